The number of H-pyrrole nitrogens is 1. The molecule has 0 atom stereocenters. The minimum Gasteiger partial charge on any atom is -0.351 e. The van der Waals surface area contributed by atoms with E-state index < -0.39 is 17.2 Å². The molecule has 1 amide bonds. The number of hydrogen-bond donors (Lipinski definition) is 2. The second kappa shape index (κ2) is 8.16. The molecule has 0 saturated heterocycles. The molecule has 0 aliphatic carbocycles. The molecule has 2 aromatic heterocycles. The number of thiophene rings is 1. The summed E-state index contributed by atoms with van der Waals surface area (Å²) in [5, 5.41) is 5.22. The Bertz CT molecular complexity index is 1010. The first-order valence-electron chi connectivity index (χ1n) is 7.92. The summed E-state index contributed by atoms with van der Waals surface area (Å²) in [4.78, 5) is 40.1. The maximum atomic E-state index is 12.5. The molecule has 0 unspecified atom stereocenters. The molecule has 0 radical (unpaired) electrons. The Morgan fingerprint density at radius 3 is 2.65 bits per heavy atom. The van der Waals surface area contributed by atoms with E-state index in [0.717, 1.165) is 21.2 Å². The Hall–Kier alpha value is -2.64. The number of hydrogen-bond acceptors (Lipinski definition) is 4. The quantitative estimate of drug-likeness (QED) is 0.678. The molecule has 0 saturated carbocycles. The summed E-state index contributed by atoms with van der Waals surface area (Å²) in [6, 6.07) is 11.0. The molecule has 6 nitrogen and oxygen atoms in total. The number of rotatable bonds is 6. The lowest BCUT2D eigenvalue weighted by molar-refractivity contribution is 0.0951. The first kappa shape index (κ1) is 18.2. The number of aromatic amines is 1. The van der Waals surface area contributed by atoms with Crippen LogP contribution in [0.25, 0.3) is 0 Å². The SMILES string of the molecule is O=C(NCCc1ccc(Cl)cc1)c1c[nH]c(=O)n(Cc2cccs2)c1=O. The molecular formula is C18H16ClN3O3S. The molecule has 2 N–H and O–H groups in total. The summed E-state index contributed by atoms with van der Waals surface area (Å²) in [5.41, 5.74) is -0.212. The molecule has 134 valence electrons. The molecule has 0 aliphatic rings. The molecular weight excluding hydrogens is 374 g/mol. The minimum atomic E-state index is -0.605. The van der Waals surface area contributed by atoms with Crippen LogP contribution in [-0.4, -0.2) is 22.0 Å². The molecule has 0 fully saturated rings. The van der Waals surface area contributed by atoms with Crippen LogP contribution in [0.3, 0.4) is 0 Å². The van der Waals surface area contributed by atoms with Crippen LogP contribution in [0.1, 0.15) is 20.8 Å². The van der Waals surface area contributed by atoms with Crippen molar-refractivity contribution < 1.29 is 4.79 Å². The molecule has 3 rings (SSSR count). The maximum Gasteiger partial charge on any atom is 0.328 e. The Kier molecular flexibility index (Phi) is 5.70. The number of carbonyl (C=O) groups is 1. The normalized spacial score (nSPS) is 10.7. The van der Waals surface area contributed by atoms with Crippen molar-refractivity contribution in [2.24, 2.45) is 0 Å². The van der Waals surface area contributed by atoms with E-state index >= 15 is 0 Å². The fraction of sp³-hybridized carbons (Fsp3) is 0.167. The van der Waals surface area contributed by atoms with Gasteiger partial charge in [-0.2, -0.15) is 0 Å². The van der Waals surface area contributed by atoms with Crippen LogP contribution in [0, 0.1) is 0 Å². The van der Waals surface area contributed by atoms with E-state index in [1.807, 2.05) is 29.6 Å². The molecule has 0 spiro atoms. The summed E-state index contributed by atoms with van der Waals surface area (Å²) in [6.07, 6.45) is 1.77. The number of benzene rings is 1. The Balaban J connectivity index is 1.70. The van der Waals surface area contributed by atoms with Gasteiger partial charge in [0, 0.05) is 22.6 Å². The van der Waals surface area contributed by atoms with Gasteiger partial charge in [0.15, 0.2) is 0 Å². The van der Waals surface area contributed by atoms with Gasteiger partial charge in [0.25, 0.3) is 11.5 Å². The van der Waals surface area contributed by atoms with E-state index in [0.29, 0.717) is 18.0 Å². The number of amides is 1. The average molecular weight is 390 g/mol. The number of nitrogens with one attached hydrogen (secondary N) is 2. The lowest BCUT2D eigenvalue weighted by Crippen LogP contribution is -2.41. The first-order valence-corrected chi connectivity index (χ1v) is 9.18. The van der Waals surface area contributed by atoms with E-state index in [2.05, 4.69) is 10.3 Å². The van der Waals surface area contributed by atoms with E-state index in [9.17, 15) is 14.4 Å². The monoisotopic (exact) mass is 389 g/mol. The van der Waals surface area contributed by atoms with E-state index in [4.69, 9.17) is 11.6 Å². The third kappa shape index (κ3) is 4.30. The second-order valence-corrected chi connectivity index (χ2v) is 7.08. The molecule has 3 aromatic rings. The Morgan fingerprint density at radius 2 is 1.96 bits per heavy atom. The van der Waals surface area contributed by atoms with Crippen molar-refractivity contribution >= 4 is 28.8 Å². The fourth-order valence-corrected chi connectivity index (χ4v) is 3.26. The Morgan fingerprint density at radius 1 is 1.19 bits per heavy atom. The fourth-order valence-electron chi connectivity index (χ4n) is 2.44. The molecule has 1 aromatic carbocycles. The summed E-state index contributed by atoms with van der Waals surface area (Å²) < 4.78 is 1.03. The van der Waals surface area contributed by atoms with Gasteiger partial charge < -0.3 is 10.3 Å². The van der Waals surface area contributed by atoms with Gasteiger partial charge in [-0.05, 0) is 35.6 Å². The highest BCUT2D eigenvalue weighted by molar-refractivity contribution is 7.09. The van der Waals surface area contributed by atoms with Crippen molar-refractivity contribution in [1.29, 1.82) is 0 Å². The van der Waals surface area contributed by atoms with Gasteiger partial charge in [0.05, 0.1) is 6.54 Å². The van der Waals surface area contributed by atoms with Crippen LogP contribution in [0.2, 0.25) is 5.02 Å². The van der Waals surface area contributed by atoms with Crippen LogP contribution in [0.4, 0.5) is 0 Å². The number of aromatic nitrogens is 2. The zero-order valence-corrected chi connectivity index (χ0v) is 15.3. The van der Waals surface area contributed by atoms with Crippen molar-refractivity contribution in [1.82, 2.24) is 14.9 Å². The van der Waals surface area contributed by atoms with Gasteiger partial charge in [-0.25, -0.2) is 4.79 Å². The van der Waals surface area contributed by atoms with Gasteiger partial charge in [-0.3, -0.25) is 14.2 Å². The lowest BCUT2D eigenvalue weighted by atomic mass is 10.1. The Labute approximate surface area is 158 Å². The zero-order chi connectivity index (χ0) is 18.5. The predicted octanol–water partition coefficient (Wildman–Crippen LogP) is 2.27. The lowest BCUT2D eigenvalue weighted by Gasteiger charge is -2.07. The highest BCUT2D eigenvalue weighted by atomic mass is 35.5. The van der Waals surface area contributed by atoms with Gasteiger partial charge in [0.1, 0.15) is 5.56 Å². The van der Waals surface area contributed by atoms with Crippen LogP contribution in [-0.2, 0) is 13.0 Å². The molecule has 26 heavy (non-hydrogen) atoms. The number of halogens is 1. The molecule has 2 heterocycles. The second-order valence-electron chi connectivity index (χ2n) is 5.61. The smallest absolute Gasteiger partial charge is 0.328 e. The van der Waals surface area contributed by atoms with Crippen LogP contribution >= 0.6 is 22.9 Å². The standard InChI is InChI=1S/C18H16ClN3O3S/c19-13-5-3-12(4-6-13)7-8-20-16(23)15-10-21-18(25)22(17(15)24)11-14-2-1-9-26-14/h1-6,9-10H,7-8,11H2,(H,20,23)(H,21,25). The van der Waals surface area contributed by atoms with Crippen molar-refractivity contribution in [2.45, 2.75) is 13.0 Å². The highest BCUT2D eigenvalue weighted by Crippen LogP contribution is 2.10. The first-order chi connectivity index (χ1) is 12.5. The van der Waals surface area contributed by atoms with Gasteiger partial charge in [0.2, 0.25) is 0 Å². The van der Waals surface area contributed by atoms with Crippen molar-refractivity contribution in [3.05, 3.63) is 89.8 Å². The predicted molar refractivity (Wildman–Crippen MR) is 102 cm³/mol. The summed E-state index contributed by atoms with van der Waals surface area (Å²) in [5.74, 6) is -0.514. The number of carbonyl (C=O) groups excluding carboxylic acids is 1. The third-order valence-electron chi connectivity index (χ3n) is 3.81. The van der Waals surface area contributed by atoms with Crippen LogP contribution in [0.5, 0.6) is 0 Å². The summed E-state index contributed by atoms with van der Waals surface area (Å²) in [6.45, 7) is 0.502. The average Bonchev–Trinajstić information content (AvgIpc) is 3.13. The van der Waals surface area contributed by atoms with Gasteiger partial charge in [-0.1, -0.05) is 29.8 Å². The topological polar surface area (TPSA) is 84.0 Å². The largest absolute Gasteiger partial charge is 0.351 e. The van der Waals surface area contributed by atoms with Crippen LogP contribution < -0.4 is 16.6 Å². The van der Waals surface area contributed by atoms with Crippen molar-refractivity contribution in [2.75, 3.05) is 6.54 Å². The van der Waals surface area contributed by atoms with E-state index in [1.54, 1.807) is 12.1 Å². The zero-order valence-electron chi connectivity index (χ0n) is 13.7. The maximum absolute atomic E-state index is 12.5. The molecule has 0 aliphatic heterocycles. The summed E-state index contributed by atoms with van der Waals surface area (Å²) >= 11 is 7.28. The third-order valence-corrected chi connectivity index (χ3v) is 4.92. The van der Waals surface area contributed by atoms with Crippen LogP contribution in [0.15, 0.2) is 57.6 Å². The van der Waals surface area contributed by atoms with Gasteiger partial charge >= 0.3 is 5.69 Å². The number of nitrogens with zero attached hydrogens (tertiary/aromatic N) is 1. The molecule has 8 heteroatoms. The van der Waals surface area contributed by atoms with E-state index in [-0.39, 0.29) is 12.1 Å². The van der Waals surface area contributed by atoms with Crippen molar-refractivity contribution in [3.63, 3.8) is 0 Å². The highest BCUT2D eigenvalue weighted by Gasteiger charge is 2.14. The van der Waals surface area contributed by atoms with E-state index in [1.165, 1.54) is 11.3 Å². The summed E-state index contributed by atoms with van der Waals surface area (Å²) in [7, 11) is 0. The van der Waals surface area contributed by atoms with Gasteiger partial charge in [-0.15, -0.1) is 11.3 Å². The van der Waals surface area contributed by atoms with Crippen molar-refractivity contribution in [3.8, 4) is 0 Å². The molecule has 0 bridgehead atoms. The minimum absolute atomic E-state index is 0.0859.